The molecule has 8 heteroatoms. The van der Waals surface area contributed by atoms with Crippen LogP contribution in [-0.4, -0.2) is 26.0 Å². The van der Waals surface area contributed by atoms with Gasteiger partial charge in [0.25, 0.3) is 10.0 Å². The third-order valence-electron chi connectivity index (χ3n) is 3.71. The molecule has 0 radical (unpaired) electrons. The lowest BCUT2D eigenvalue weighted by atomic mass is 10.0. The maximum atomic E-state index is 13.9. The van der Waals surface area contributed by atoms with Crippen LogP contribution < -0.4 is 4.31 Å². The van der Waals surface area contributed by atoms with Gasteiger partial charge in [0.2, 0.25) is 0 Å². The first-order chi connectivity index (χ1) is 10.8. The molecule has 120 valence electrons. The third-order valence-corrected chi connectivity index (χ3v) is 5.51. The normalized spacial score (nSPS) is 17.1. The van der Waals surface area contributed by atoms with Crippen molar-refractivity contribution >= 4 is 21.7 Å². The molecule has 5 nitrogen and oxygen atoms in total. The summed E-state index contributed by atoms with van der Waals surface area (Å²) >= 11 is 0. The summed E-state index contributed by atoms with van der Waals surface area (Å²) < 4.78 is 53.4. The van der Waals surface area contributed by atoms with Gasteiger partial charge in [-0.15, -0.1) is 0 Å². The zero-order chi connectivity index (χ0) is 16.8. The number of hydrogen-bond acceptors (Lipinski definition) is 3. The van der Waals surface area contributed by atoms with Crippen molar-refractivity contribution in [1.82, 2.24) is 0 Å². The van der Waals surface area contributed by atoms with E-state index in [0.29, 0.717) is 5.56 Å². The number of halogens is 2. The first-order valence-electron chi connectivity index (χ1n) is 6.62. The summed E-state index contributed by atoms with van der Waals surface area (Å²) in [5.41, 5.74) is 0.476. The molecule has 1 aliphatic rings. The van der Waals surface area contributed by atoms with Gasteiger partial charge in [-0.2, -0.15) is 0 Å². The Bertz CT molecular complexity index is 898. The molecule has 1 aliphatic heterocycles. The smallest absolute Gasteiger partial charge is 0.312 e. The first kappa shape index (κ1) is 15.4. The van der Waals surface area contributed by atoms with Crippen LogP contribution in [0.1, 0.15) is 11.5 Å². The summed E-state index contributed by atoms with van der Waals surface area (Å²) in [6.45, 7) is -0.368. The van der Waals surface area contributed by atoms with Gasteiger partial charge in [0.15, 0.2) is 11.6 Å². The minimum absolute atomic E-state index is 0.156. The number of carbonyl (C=O) groups is 1. The number of hydrogen-bond donors (Lipinski definition) is 1. The zero-order valence-electron chi connectivity index (χ0n) is 11.6. The van der Waals surface area contributed by atoms with E-state index in [4.69, 9.17) is 0 Å². The quantitative estimate of drug-likeness (QED) is 0.931. The highest BCUT2D eigenvalue weighted by molar-refractivity contribution is 7.92. The Balaban J connectivity index is 2.15. The van der Waals surface area contributed by atoms with Crippen LogP contribution in [0.3, 0.4) is 0 Å². The molecule has 0 saturated heterocycles. The minimum atomic E-state index is -4.42. The fourth-order valence-electron chi connectivity index (χ4n) is 2.61. The Morgan fingerprint density at radius 2 is 1.83 bits per heavy atom. The van der Waals surface area contributed by atoms with E-state index in [9.17, 15) is 27.1 Å². The number of benzene rings is 2. The topological polar surface area (TPSA) is 74.7 Å². The van der Waals surface area contributed by atoms with Crippen LogP contribution in [0.15, 0.2) is 47.4 Å². The van der Waals surface area contributed by atoms with Crippen molar-refractivity contribution in [1.29, 1.82) is 0 Å². The number of para-hydroxylation sites is 1. The van der Waals surface area contributed by atoms with Crippen LogP contribution in [0.4, 0.5) is 14.5 Å². The Morgan fingerprint density at radius 3 is 2.52 bits per heavy atom. The van der Waals surface area contributed by atoms with E-state index in [2.05, 4.69) is 0 Å². The lowest BCUT2D eigenvalue weighted by Gasteiger charge is -2.20. The van der Waals surface area contributed by atoms with Crippen molar-refractivity contribution in [3.8, 4) is 0 Å². The SMILES string of the molecule is O=C(O)[C@@H]1CN(S(=O)(=O)c2cccc(F)c2F)c2ccccc21. The van der Waals surface area contributed by atoms with E-state index in [1.54, 1.807) is 12.1 Å². The van der Waals surface area contributed by atoms with Crippen molar-refractivity contribution in [2.75, 3.05) is 10.8 Å². The van der Waals surface area contributed by atoms with Crippen LogP contribution in [-0.2, 0) is 14.8 Å². The average Bonchev–Trinajstić information content (AvgIpc) is 2.90. The van der Waals surface area contributed by atoms with E-state index in [1.165, 1.54) is 12.1 Å². The lowest BCUT2D eigenvalue weighted by Crippen LogP contribution is -2.32. The van der Waals surface area contributed by atoms with Crippen LogP contribution in [0.2, 0.25) is 0 Å². The minimum Gasteiger partial charge on any atom is -0.481 e. The number of rotatable bonds is 3. The van der Waals surface area contributed by atoms with E-state index in [1.807, 2.05) is 0 Å². The van der Waals surface area contributed by atoms with Crippen molar-refractivity contribution in [3.05, 3.63) is 59.7 Å². The predicted molar refractivity (Wildman–Crippen MR) is 77.7 cm³/mol. The molecule has 1 N–H and O–H groups in total. The molecule has 0 fully saturated rings. The summed E-state index contributed by atoms with van der Waals surface area (Å²) in [4.78, 5) is 10.5. The number of anilines is 1. The van der Waals surface area contributed by atoms with Crippen molar-refractivity contribution in [3.63, 3.8) is 0 Å². The first-order valence-corrected chi connectivity index (χ1v) is 8.06. The van der Waals surface area contributed by atoms with Gasteiger partial charge in [-0.05, 0) is 23.8 Å². The molecule has 0 unspecified atom stereocenters. The van der Waals surface area contributed by atoms with Crippen molar-refractivity contribution < 1.29 is 27.1 Å². The molecular weight excluding hydrogens is 328 g/mol. The highest BCUT2D eigenvalue weighted by Gasteiger charge is 2.40. The van der Waals surface area contributed by atoms with Gasteiger partial charge in [-0.1, -0.05) is 24.3 Å². The predicted octanol–water partition coefficient (Wildman–Crippen LogP) is 2.34. The second-order valence-electron chi connectivity index (χ2n) is 5.04. The molecule has 0 bridgehead atoms. The molecule has 2 aromatic carbocycles. The second-order valence-corrected chi connectivity index (χ2v) is 6.87. The van der Waals surface area contributed by atoms with E-state index >= 15 is 0 Å². The number of aliphatic carboxylic acids is 1. The summed E-state index contributed by atoms with van der Waals surface area (Å²) in [5, 5.41) is 9.26. The summed E-state index contributed by atoms with van der Waals surface area (Å²) in [6.07, 6.45) is 0. The molecule has 2 aromatic rings. The fraction of sp³-hybridized carbons (Fsp3) is 0.133. The number of fused-ring (bicyclic) bond motifs is 1. The Morgan fingerprint density at radius 1 is 1.13 bits per heavy atom. The number of nitrogens with zero attached hydrogens (tertiary/aromatic N) is 1. The highest BCUT2D eigenvalue weighted by Crippen LogP contribution is 2.40. The zero-order valence-corrected chi connectivity index (χ0v) is 12.4. The van der Waals surface area contributed by atoms with Crippen LogP contribution >= 0.6 is 0 Å². The average molecular weight is 339 g/mol. The van der Waals surface area contributed by atoms with Crippen molar-refractivity contribution in [2.45, 2.75) is 10.8 Å². The second kappa shape index (κ2) is 5.31. The summed E-state index contributed by atoms with van der Waals surface area (Å²) in [5.74, 6) is -5.01. The number of carboxylic acid groups (broad SMARTS) is 1. The monoisotopic (exact) mass is 339 g/mol. The fourth-order valence-corrected chi connectivity index (χ4v) is 4.19. The number of sulfonamides is 1. The molecule has 0 aromatic heterocycles. The van der Waals surface area contributed by atoms with Gasteiger partial charge in [-0.3, -0.25) is 9.10 Å². The Labute approximate surface area is 130 Å². The molecule has 3 rings (SSSR count). The van der Waals surface area contributed by atoms with Crippen LogP contribution in [0.25, 0.3) is 0 Å². The molecule has 0 amide bonds. The summed E-state index contributed by atoms with van der Waals surface area (Å²) in [6, 6.07) is 8.93. The standard InChI is InChI=1S/C15H11F2NO4S/c16-11-5-3-7-13(14(11)17)23(21,22)18-8-10(15(19)20)9-4-1-2-6-12(9)18/h1-7,10H,8H2,(H,19,20)/t10-/m1/s1. The number of carboxylic acids is 1. The summed E-state index contributed by atoms with van der Waals surface area (Å²) in [7, 11) is -4.42. The van der Waals surface area contributed by atoms with Gasteiger partial charge in [0.05, 0.1) is 12.2 Å². The van der Waals surface area contributed by atoms with E-state index in [0.717, 1.165) is 22.5 Å². The molecule has 23 heavy (non-hydrogen) atoms. The van der Waals surface area contributed by atoms with Gasteiger partial charge < -0.3 is 5.11 Å². The van der Waals surface area contributed by atoms with E-state index < -0.39 is 38.4 Å². The molecule has 1 heterocycles. The Hall–Kier alpha value is -2.48. The van der Waals surface area contributed by atoms with Gasteiger partial charge >= 0.3 is 5.97 Å². The third kappa shape index (κ3) is 2.35. The van der Waals surface area contributed by atoms with Crippen molar-refractivity contribution in [2.24, 2.45) is 0 Å². The van der Waals surface area contributed by atoms with Gasteiger partial charge in [0.1, 0.15) is 10.8 Å². The Kier molecular flexibility index (Phi) is 3.56. The van der Waals surface area contributed by atoms with Gasteiger partial charge in [-0.25, -0.2) is 17.2 Å². The molecule has 0 aliphatic carbocycles. The van der Waals surface area contributed by atoms with E-state index in [-0.39, 0.29) is 12.2 Å². The van der Waals surface area contributed by atoms with Crippen LogP contribution in [0.5, 0.6) is 0 Å². The lowest BCUT2D eigenvalue weighted by molar-refractivity contribution is -0.138. The molecular formula is C15H11F2NO4S. The molecule has 0 spiro atoms. The maximum Gasteiger partial charge on any atom is 0.312 e. The highest BCUT2D eigenvalue weighted by atomic mass is 32.2. The maximum absolute atomic E-state index is 13.9. The molecule has 1 atom stereocenters. The van der Waals surface area contributed by atoms with Gasteiger partial charge in [0, 0.05) is 0 Å². The van der Waals surface area contributed by atoms with Crippen LogP contribution in [0, 0.1) is 11.6 Å². The molecule has 0 saturated carbocycles. The largest absolute Gasteiger partial charge is 0.481 e.